The number of hydrogen-bond donors (Lipinski definition) is 1. The van der Waals surface area contributed by atoms with Crippen molar-refractivity contribution in [2.24, 2.45) is 5.16 Å². The second-order valence-corrected chi connectivity index (χ2v) is 8.88. The number of rotatable bonds is 8. The summed E-state index contributed by atoms with van der Waals surface area (Å²) in [6.45, 7) is 3.57. The number of sulfonamides is 1. The van der Waals surface area contributed by atoms with Crippen LogP contribution < -0.4 is 4.72 Å². The van der Waals surface area contributed by atoms with Crippen molar-refractivity contribution >= 4 is 44.6 Å². The second kappa shape index (κ2) is 9.89. The third-order valence-corrected chi connectivity index (χ3v) is 5.57. The molecule has 2 aromatic carbocycles. The molecular weight excluding hydrogens is 464 g/mol. The fraction of sp³-hybridized carbons (Fsp3) is 0.316. The molecule has 30 heavy (non-hydrogen) atoms. The van der Waals surface area contributed by atoms with Gasteiger partial charge in [0.15, 0.2) is 0 Å². The Morgan fingerprint density at radius 2 is 1.73 bits per heavy atom. The van der Waals surface area contributed by atoms with Crippen LogP contribution in [0.2, 0.25) is 10.0 Å². The summed E-state index contributed by atoms with van der Waals surface area (Å²) in [6, 6.07) is 10.6. The number of nitrogens with zero attached hydrogens (tertiary/aromatic N) is 1. The number of alkyl halides is 3. The fourth-order valence-electron chi connectivity index (χ4n) is 2.45. The van der Waals surface area contributed by atoms with Crippen molar-refractivity contribution in [1.29, 1.82) is 0 Å². The van der Waals surface area contributed by atoms with Crippen LogP contribution in [-0.4, -0.2) is 19.6 Å². The van der Waals surface area contributed by atoms with Gasteiger partial charge in [0.05, 0.1) is 11.4 Å². The van der Waals surface area contributed by atoms with Crippen molar-refractivity contribution in [3.63, 3.8) is 0 Å². The maximum absolute atomic E-state index is 12.8. The van der Waals surface area contributed by atoms with Gasteiger partial charge in [0.2, 0.25) is 0 Å². The van der Waals surface area contributed by atoms with Crippen LogP contribution in [0.1, 0.15) is 43.9 Å². The Balaban J connectivity index is 2.39. The van der Waals surface area contributed by atoms with Gasteiger partial charge in [-0.1, -0.05) is 53.8 Å². The van der Waals surface area contributed by atoms with Gasteiger partial charge in [0.1, 0.15) is 6.10 Å². The highest BCUT2D eigenvalue weighted by atomic mass is 35.5. The number of anilines is 1. The minimum atomic E-state index is -5.61. The quantitative estimate of drug-likeness (QED) is 0.343. The molecule has 5 nitrogen and oxygen atoms in total. The summed E-state index contributed by atoms with van der Waals surface area (Å²) in [5.74, 6) is 0. The van der Waals surface area contributed by atoms with Gasteiger partial charge in [-0.25, -0.2) is 0 Å². The van der Waals surface area contributed by atoms with E-state index >= 15 is 0 Å². The third kappa shape index (κ3) is 6.26. The van der Waals surface area contributed by atoms with E-state index in [1.54, 1.807) is 35.9 Å². The molecule has 11 heteroatoms. The molecule has 0 aliphatic carbocycles. The summed E-state index contributed by atoms with van der Waals surface area (Å²) in [5, 5.41) is 4.85. The molecule has 0 aromatic heterocycles. The molecule has 0 radical (unpaired) electrons. The Kier molecular flexibility index (Phi) is 8.01. The van der Waals surface area contributed by atoms with Gasteiger partial charge in [0.25, 0.3) is 0 Å². The molecule has 164 valence electrons. The van der Waals surface area contributed by atoms with Crippen LogP contribution in [0.15, 0.2) is 47.6 Å². The Labute approximate surface area is 182 Å². The van der Waals surface area contributed by atoms with Crippen molar-refractivity contribution in [3.8, 4) is 0 Å². The Bertz CT molecular complexity index is 1010. The van der Waals surface area contributed by atoms with E-state index < -0.39 is 21.6 Å². The summed E-state index contributed by atoms with van der Waals surface area (Å²) < 4.78 is 63.1. The van der Waals surface area contributed by atoms with Crippen molar-refractivity contribution in [2.45, 2.75) is 38.3 Å². The lowest BCUT2D eigenvalue weighted by molar-refractivity contribution is -0.0429. The first-order chi connectivity index (χ1) is 13.9. The molecule has 1 atom stereocenters. The molecule has 0 amide bonds. The Morgan fingerprint density at radius 1 is 1.13 bits per heavy atom. The number of nitrogens with one attached hydrogen (secondary N) is 1. The van der Waals surface area contributed by atoms with Crippen LogP contribution >= 0.6 is 23.2 Å². The van der Waals surface area contributed by atoms with Crippen LogP contribution in [0.25, 0.3) is 0 Å². The minimum absolute atomic E-state index is 0.0977. The number of oxime groups is 1. The van der Waals surface area contributed by atoms with E-state index in [1.807, 2.05) is 6.92 Å². The van der Waals surface area contributed by atoms with Crippen molar-refractivity contribution in [2.75, 3.05) is 4.72 Å². The van der Waals surface area contributed by atoms with Crippen LogP contribution in [0, 0.1) is 0 Å². The summed E-state index contributed by atoms with van der Waals surface area (Å²) in [7, 11) is -5.61. The van der Waals surface area contributed by atoms with Gasteiger partial charge in [-0.2, -0.15) is 21.6 Å². The molecule has 0 spiro atoms. The monoisotopic (exact) mass is 482 g/mol. The molecule has 2 aromatic rings. The standard InChI is InChI=1S/C19H19Cl2F3N2O3S/c1-3-4-17(25-29-12(2)13-5-7-14(20)8-6-13)16-11-15(21)9-10-18(16)26-30(27,28)19(22,23)24/h5-12,26H,3-4H2,1-2H3/b25-17+. The maximum atomic E-state index is 12.8. The Morgan fingerprint density at radius 3 is 2.30 bits per heavy atom. The zero-order valence-corrected chi connectivity index (χ0v) is 18.3. The summed E-state index contributed by atoms with van der Waals surface area (Å²) in [6.07, 6.45) is 0.410. The molecule has 0 bridgehead atoms. The van der Waals surface area contributed by atoms with Crippen LogP contribution in [0.5, 0.6) is 0 Å². The van der Waals surface area contributed by atoms with Gasteiger partial charge in [-0.15, -0.1) is 0 Å². The predicted molar refractivity (Wildman–Crippen MR) is 112 cm³/mol. The van der Waals surface area contributed by atoms with Gasteiger partial charge >= 0.3 is 15.5 Å². The van der Waals surface area contributed by atoms with Gasteiger partial charge in [-0.05, 0) is 49.2 Å². The second-order valence-electron chi connectivity index (χ2n) is 6.33. The lowest BCUT2D eigenvalue weighted by Crippen LogP contribution is -2.30. The van der Waals surface area contributed by atoms with Gasteiger partial charge in [0, 0.05) is 15.6 Å². The van der Waals surface area contributed by atoms with Gasteiger partial charge < -0.3 is 4.84 Å². The van der Waals surface area contributed by atoms with Crippen molar-refractivity contribution in [3.05, 3.63) is 63.6 Å². The third-order valence-electron chi connectivity index (χ3n) is 3.99. The average Bonchev–Trinajstić information content (AvgIpc) is 2.66. The maximum Gasteiger partial charge on any atom is 0.516 e. The van der Waals surface area contributed by atoms with E-state index in [2.05, 4.69) is 5.16 Å². The molecule has 0 saturated carbocycles. The first-order valence-corrected chi connectivity index (χ1v) is 11.1. The van der Waals surface area contributed by atoms with E-state index in [1.165, 1.54) is 12.1 Å². The smallest absolute Gasteiger partial charge is 0.388 e. The van der Waals surface area contributed by atoms with E-state index in [9.17, 15) is 21.6 Å². The molecule has 0 fully saturated rings. The molecule has 0 saturated heterocycles. The summed E-state index contributed by atoms with van der Waals surface area (Å²) in [5.41, 5.74) is -4.64. The SMILES string of the molecule is CCC/C(=N\OC(C)c1ccc(Cl)cc1)c1cc(Cl)ccc1NS(=O)(=O)C(F)(F)F. The van der Waals surface area contributed by atoms with Crippen LogP contribution in [0.3, 0.4) is 0 Å². The molecule has 0 aliphatic heterocycles. The number of hydrogen-bond acceptors (Lipinski definition) is 4. The summed E-state index contributed by atoms with van der Waals surface area (Å²) >= 11 is 11.9. The Hall–Kier alpha value is -1.97. The highest BCUT2D eigenvalue weighted by Gasteiger charge is 2.46. The predicted octanol–water partition coefficient (Wildman–Crippen LogP) is 6.54. The first kappa shape index (κ1) is 24.3. The highest BCUT2D eigenvalue weighted by molar-refractivity contribution is 7.93. The normalized spacial score (nSPS) is 13.8. The topological polar surface area (TPSA) is 67.8 Å². The average molecular weight is 483 g/mol. The number of halogens is 5. The molecule has 1 N–H and O–H groups in total. The lowest BCUT2D eigenvalue weighted by atomic mass is 10.0. The van der Waals surface area contributed by atoms with Crippen molar-refractivity contribution in [1.82, 2.24) is 0 Å². The van der Waals surface area contributed by atoms with E-state index in [0.717, 1.165) is 11.6 Å². The van der Waals surface area contributed by atoms with E-state index in [4.69, 9.17) is 28.0 Å². The van der Waals surface area contributed by atoms with Crippen molar-refractivity contribution < 1.29 is 26.4 Å². The van der Waals surface area contributed by atoms with E-state index in [-0.39, 0.29) is 22.0 Å². The first-order valence-electron chi connectivity index (χ1n) is 8.81. The zero-order valence-electron chi connectivity index (χ0n) is 16.0. The van der Waals surface area contributed by atoms with E-state index in [0.29, 0.717) is 17.9 Å². The van der Waals surface area contributed by atoms with Crippen LogP contribution in [0.4, 0.5) is 18.9 Å². The summed E-state index contributed by atoms with van der Waals surface area (Å²) in [4.78, 5) is 5.53. The lowest BCUT2D eigenvalue weighted by Gasteiger charge is -2.17. The zero-order chi connectivity index (χ0) is 22.5. The molecule has 0 aliphatic rings. The molecule has 0 heterocycles. The highest BCUT2D eigenvalue weighted by Crippen LogP contribution is 2.30. The molecular formula is C19H19Cl2F3N2O3S. The molecule has 1 unspecified atom stereocenters. The minimum Gasteiger partial charge on any atom is -0.388 e. The van der Waals surface area contributed by atoms with Gasteiger partial charge in [-0.3, -0.25) is 4.72 Å². The fourth-order valence-corrected chi connectivity index (χ4v) is 3.33. The van der Waals surface area contributed by atoms with Crippen LogP contribution in [-0.2, 0) is 14.9 Å². The molecule has 2 rings (SSSR count). The number of benzene rings is 2. The largest absolute Gasteiger partial charge is 0.516 e.